The number of hydrogen-bond acceptors (Lipinski definition) is 6. The Balaban J connectivity index is 2.03. The van der Waals surface area contributed by atoms with E-state index in [0.717, 1.165) is 10.7 Å². The monoisotopic (exact) mass is 263 g/mol. The number of carbonyl (C=O) groups excluding carboxylic acids is 1. The molecule has 1 amide bonds. The smallest absolute Gasteiger partial charge is 0.253 e. The molecule has 94 valence electrons. The Morgan fingerprint density at radius 2 is 2.39 bits per heavy atom. The summed E-state index contributed by atoms with van der Waals surface area (Å²) in [7, 11) is 0. The molecule has 18 heavy (non-hydrogen) atoms. The number of nitrogens with two attached hydrogens (primary N) is 1. The molecule has 0 saturated heterocycles. The van der Waals surface area contributed by atoms with Gasteiger partial charge in [0, 0.05) is 17.3 Å². The van der Waals surface area contributed by atoms with Crippen molar-refractivity contribution in [2.75, 3.05) is 5.43 Å². The first-order valence-electron chi connectivity index (χ1n) is 5.30. The SMILES string of the molecule is Cc1csc(CNC(=O)c2ccncc2NN)n1. The van der Waals surface area contributed by atoms with Crippen LogP contribution in [0.15, 0.2) is 23.8 Å². The molecule has 2 heterocycles. The number of nitrogen functional groups attached to an aromatic ring is 1. The normalized spacial score (nSPS) is 10.1. The minimum atomic E-state index is -0.210. The summed E-state index contributed by atoms with van der Waals surface area (Å²) < 4.78 is 0. The Hall–Kier alpha value is -1.99. The van der Waals surface area contributed by atoms with Crippen LogP contribution in [0.5, 0.6) is 0 Å². The van der Waals surface area contributed by atoms with E-state index in [4.69, 9.17) is 5.84 Å². The number of carbonyl (C=O) groups is 1. The van der Waals surface area contributed by atoms with Crippen LogP contribution in [0.25, 0.3) is 0 Å². The van der Waals surface area contributed by atoms with Crippen LogP contribution in [0, 0.1) is 6.92 Å². The quantitative estimate of drug-likeness (QED) is 0.566. The predicted octanol–water partition coefficient (Wildman–Crippen LogP) is 1.06. The van der Waals surface area contributed by atoms with Gasteiger partial charge in [-0.25, -0.2) is 4.98 Å². The van der Waals surface area contributed by atoms with Crippen molar-refractivity contribution in [3.8, 4) is 0 Å². The third-order valence-electron chi connectivity index (χ3n) is 2.29. The summed E-state index contributed by atoms with van der Waals surface area (Å²) in [5.41, 5.74) is 4.35. The Morgan fingerprint density at radius 1 is 1.56 bits per heavy atom. The van der Waals surface area contributed by atoms with Crippen LogP contribution in [-0.4, -0.2) is 15.9 Å². The van der Waals surface area contributed by atoms with E-state index in [9.17, 15) is 4.79 Å². The zero-order chi connectivity index (χ0) is 13.0. The number of nitrogens with zero attached hydrogens (tertiary/aromatic N) is 2. The van der Waals surface area contributed by atoms with Crippen molar-refractivity contribution < 1.29 is 4.79 Å². The van der Waals surface area contributed by atoms with Crippen LogP contribution in [0.4, 0.5) is 5.69 Å². The van der Waals surface area contributed by atoms with Crippen molar-refractivity contribution in [2.45, 2.75) is 13.5 Å². The zero-order valence-electron chi connectivity index (χ0n) is 9.80. The van der Waals surface area contributed by atoms with Crippen LogP contribution >= 0.6 is 11.3 Å². The van der Waals surface area contributed by atoms with E-state index < -0.39 is 0 Å². The molecule has 2 aromatic rings. The van der Waals surface area contributed by atoms with Crippen molar-refractivity contribution in [2.24, 2.45) is 5.84 Å². The molecule has 2 aromatic heterocycles. The number of hydrogen-bond donors (Lipinski definition) is 3. The fourth-order valence-electron chi connectivity index (χ4n) is 1.44. The predicted molar refractivity (Wildman–Crippen MR) is 70.1 cm³/mol. The number of aromatic nitrogens is 2. The fraction of sp³-hybridized carbons (Fsp3) is 0.182. The minimum Gasteiger partial charge on any atom is -0.345 e. The van der Waals surface area contributed by atoms with Crippen LogP contribution in [0.2, 0.25) is 0 Å². The van der Waals surface area contributed by atoms with E-state index in [2.05, 4.69) is 20.7 Å². The van der Waals surface area contributed by atoms with Crippen molar-refractivity contribution in [1.29, 1.82) is 0 Å². The van der Waals surface area contributed by atoms with Crippen LogP contribution in [0.1, 0.15) is 21.1 Å². The lowest BCUT2D eigenvalue weighted by atomic mass is 10.2. The molecule has 0 atom stereocenters. The zero-order valence-corrected chi connectivity index (χ0v) is 10.6. The van der Waals surface area contributed by atoms with Gasteiger partial charge in [0.25, 0.3) is 5.91 Å². The van der Waals surface area contributed by atoms with Crippen LogP contribution < -0.4 is 16.6 Å². The molecule has 0 radical (unpaired) electrons. The molecule has 0 unspecified atom stereocenters. The van der Waals surface area contributed by atoms with Crippen molar-refractivity contribution in [1.82, 2.24) is 15.3 Å². The average Bonchev–Trinajstić information content (AvgIpc) is 2.81. The summed E-state index contributed by atoms with van der Waals surface area (Å²) in [5.74, 6) is 5.11. The third-order valence-corrected chi connectivity index (χ3v) is 3.25. The van der Waals surface area contributed by atoms with E-state index in [0.29, 0.717) is 17.8 Å². The maximum Gasteiger partial charge on any atom is 0.253 e. The average molecular weight is 263 g/mol. The number of pyridine rings is 1. The van der Waals surface area contributed by atoms with E-state index in [-0.39, 0.29) is 5.91 Å². The van der Waals surface area contributed by atoms with Gasteiger partial charge in [0.05, 0.1) is 24.0 Å². The molecule has 0 saturated carbocycles. The van der Waals surface area contributed by atoms with Gasteiger partial charge in [-0.2, -0.15) is 0 Å². The van der Waals surface area contributed by atoms with Crippen molar-refractivity contribution in [3.05, 3.63) is 40.1 Å². The van der Waals surface area contributed by atoms with Gasteiger partial charge in [-0.1, -0.05) is 0 Å². The van der Waals surface area contributed by atoms with E-state index in [1.54, 1.807) is 12.3 Å². The number of amides is 1. The number of anilines is 1. The van der Waals surface area contributed by atoms with Gasteiger partial charge in [0.2, 0.25) is 0 Å². The lowest BCUT2D eigenvalue weighted by Gasteiger charge is -2.07. The molecule has 0 fully saturated rings. The summed E-state index contributed by atoms with van der Waals surface area (Å²) in [4.78, 5) is 20.1. The Labute approximate surface area is 108 Å². The van der Waals surface area contributed by atoms with Gasteiger partial charge in [-0.3, -0.25) is 15.6 Å². The number of hydrazine groups is 1. The Kier molecular flexibility index (Phi) is 3.85. The van der Waals surface area contributed by atoms with Gasteiger partial charge in [0.1, 0.15) is 5.01 Å². The third kappa shape index (κ3) is 2.82. The van der Waals surface area contributed by atoms with Crippen molar-refractivity contribution >= 4 is 22.9 Å². The van der Waals surface area contributed by atoms with Crippen LogP contribution in [-0.2, 0) is 6.54 Å². The highest BCUT2D eigenvalue weighted by molar-refractivity contribution is 7.09. The van der Waals surface area contributed by atoms with Crippen molar-refractivity contribution in [3.63, 3.8) is 0 Å². The van der Waals surface area contributed by atoms with E-state index >= 15 is 0 Å². The second-order valence-corrected chi connectivity index (χ2v) is 4.57. The Morgan fingerprint density at radius 3 is 3.06 bits per heavy atom. The highest BCUT2D eigenvalue weighted by Gasteiger charge is 2.10. The topological polar surface area (TPSA) is 92.9 Å². The molecule has 7 heteroatoms. The fourth-order valence-corrected chi connectivity index (χ4v) is 2.15. The van der Waals surface area contributed by atoms with Gasteiger partial charge < -0.3 is 10.7 Å². The minimum absolute atomic E-state index is 0.210. The summed E-state index contributed by atoms with van der Waals surface area (Å²) in [6.07, 6.45) is 3.05. The van der Waals surface area contributed by atoms with Gasteiger partial charge in [-0.15, -0.1) is 11.3 Å². The lowest BCUT2D eigenvalue weighted by molar-refractivity contribution is 0.0951. The maximum atomic E-state index is 11.9. The van der Waals surface area contributed by atoms with E-state index in [1.165, 1.54) is 17.5 Å². The lowest BCUT2D eigenvalue weighted by Crippen LogP contribution is -2.24. The molecule has 0 bridgehead atoms. The standard InChI is InChI=1S/C11H13N5OS/c1-7-6-18-10(15-7)5-14-11(17)8-2-3-13-4-9(8)16-12/h2-4,6,16H,5,12H2,1H3,(H,14,17). The summed E-state index contributed by atoms with van der Waals surface area (Å²) in [6, 6.07) is 1.61. The summed E-state index contributed by atoms with van der Waals surface area (Å²) in [5, 5.41) is 5.61. The molecule has 6 nitrogen and oxygen atoms in total. The first-order valence-corrected chi connectivity index (χ1v) is 6.18. The first kappa shape index (κ1) is 12.5. The Bertz CT molecular complexity index is 554. The second kappa shape index (κ2) is 5.56. The summed E-state index contributed by atoms with van der Waals surface area (Å²) >= 11 is 1.52. The molecule has 0 aliphatic rings. The number of rotatable bonds is 4. The van der Waals surface area contributed by atoms with Gasteiger partial charge >= 0.3 is 0 Å². The van der Waals surface area contributed by atoms with Gasteiger partial charge in [0.15, 0.2) is 0 Å². The molecule has 0 aliphatic heterocycles. The highest BCUT2D eigenvalue weighted by atomic mass is 32.1. The summed E-state index contributed by atoms with van der Waals surface area (Å²) in [6.45, 7) is 2.32. The number of aryl methyl sites for hydroxylation is 1. The maximum absolute atomic E-state index is 11.9. The molecule has 0 spiro atoms. The second-order valence-electron chi connectivity index (χ2n) is 3.63. The molecular formula is C11H13N5OS. The van der Waals surface area contributed by atoms with E-state index in [1.807, 2.05) is 12.3 Å². The highest BCUT2D eigenvalue weighted by Crippen LogP contribution is 2.12. The molecular weight excluding hydrogens is 250 g/mol. The molecule has 2 rings (SSSR count). The largest absolute Gasteiger partial charge is 0.345 e. The van der Waals surface area contributed by atoms with Gasteiger partial charge in [-0.05, 0) is 13.0 Å². The van der Waals surface area contributed by atoms with Crippen LogP contribution in [0.3, 0.4) is 0 Å². The molecule has 0 aromatic carbocycles. The molecule has 4 N–H and O–H groups in total. The number of nitrogens with one attached hydrogen (secondary N) is 2. The number of thiazole rings is 1. The molecule has 0 aliphatic carbocycles. The first-order chi connectivity index (χ1) is 8.70.